The summed E-state index contributed by atoms with van der Waals surface area (Å²) in [6.45, 7) is 2.41. The van der Waals surface area contributed by atoms with Crippen molar-refractivity contribution >= 4 is 77.5 Å². The van der Waals surface area contributed by atoms with Crippen molar-refractivity contribution in [3.05, 3.63) is 221 Å². The fourth-order valence-corrected chi connectivity index (χ4v) is 12.0. The molecule has 0 bridgehead atoms. The number of fused-ring (bicyclic) bond motifs is 12. The first kappa shape index (κ1) is 35.7. The zero-order chi connectivity index (χ0) is 40.9. The SMILES string of the molecule is CC12CC=CC(c3ccc4cc(-c5ccc6cc(C7C=Cc8cc(-c9cnc%10c%11ccccc%11c%11ccccc%11c%10n9)ccc8C7)ccc6c5)ccc4c3)=C1Sc1ccccc12. The third-order valence-corrected chi connectivity index (χ3v) is 15.3. The van der Waals surface area contributed by atoms with Crippen LogP contribution in [0.1, 0.15) is 47.1 Å². The summed E-state index contributed by atoms with van der Waals surface area (Å²) >= 11 is 1.96. The third kappa shape index (κ3) is 5.58. The van der Waals surface area contributed by atoms with Crippen molar-refractivity contribution in [2.75, 3.05) is 0 Å². The van der Waals surface area contributed by atoms with Gasteiger partial charge in [0.25, 0.3) is 0 Å². The van der Waals surface area contributed by atoms with Crippen LogP contribution in [-0.2, 0) is 11.8 Å². The van der Waals surface area contributed by atoms with E-state index in [2.05, 4.69) is 195 Å². The van der Waals surface area contributed by atoms with E-state index in [9.17, 15) is 0 Å². The van der Waals surface area contributed by atoms with E-state index in [4.69, 9.17) is 9.97 Å². The molecule has 2 nitrogen and oxygen atoms in total. The predicted molar refractivity (Wildman–Crippen MR) is 263 cm³/mol. The van der Waals surface area contributed by atoms with Gasteiger partial charge in [0.2, 0.25) is 0 Å². The largest absolute Gasteiger partial charge is 0.252 e. The number of nitrogens with zero attached hydrogens (tertiary/aromatic N) is 2. The number of hydrogen-bond acceptors (Lipinski definition) is 3. The molecule has 2 heterocycles. The minimum Gasteiger partial charge on any atom is -0.252 e. The van der Waals surface area contributed by atoms with Crippen LogP contribution in [0.25, 0.3) is 88.2 Å². The van der Waals surface area contributed by atoms with Crippen LogP contribution >= 0.6 is 11.8 Å². The topological polar surface area (TPSA) is 25.8 Å². The Bertz CT molecular complexity index is 3610. The molecule has 1 aliphatic heterocycles. The highest BCUT2D eigenvalue weighted by molar-refractivity contribution is 8.03. The molecule has 0 saturated heterocycles. The van der Waals surface area contributed by atoms with Gasteiger partial charge in [-0.2, -0.15) is 0 Å². The highest BCUT2D eigenvalue weighted by atomic mass is 32.2. The second-order valence-corrected chi connectivity index (χ2v) is 18.6. The molecule has 2 unspecified atom stereocenters. The molecule has 2 atom stereocenters. The molecule has 0 N–H and O–H groups in total. The van der Waals surface area contributed by atoms with Crippen molar-refractivity contribution < 1.29 is 0 Å². The predicted octanol–water partition coefficient (Wildman–Crippen LogP) is 15.7. The van der Waals surface area contributed by atoms with Crippen LogP contribution in [0.15, 0.2) is 198 Å². The van der Waals surface area contributed by atoms with Gasteiger partial charge in [-0.05, 0) is 120 Å². The van der Waals surface area contributed by atoms with Crippen molar-refractivity contribution in [1.82, 2.24) is 9.97 Å². The Labute approximate surface area is 365 Å². The van der Waals surface area contributed by atoms with Crippen LogP contribution in [0.5, 0.6) is 0 Å². The van der Waals surface area contributed by atoms with Crippen molar-refractivity contribution in [3.63, 3.8) is 0 Å². The maximum absolute atomic E-state index is 5.25. The van der Waals surface area contributed by atoms with Crippen molar-refractivity contribution in [2.24, 2.45) is 0 Å². The van der Waals surface area contributed by atoms with Crippen LogP contribution in [0.2, 0.25) is 0 Å². The second kappa shape index (κ2) is 13.7. The smallest absolute Gasteiger partial charge is 0.0979 e. The Kier molecular flexibility index (Phi) is 7.89. The zero-order valence-corrected chi connectivity index (χ0v) is 35.1. The first-order chi connectivity index (χ1) is 30.5. The van der Waals surface area contributed by atoms with E-state index in [0.717, 1.165) is 45.9 Å². The van der Waals surface area contributed by atoms with E-state index in [1.54, 1.807) is 0 Å². The fraction of sp³-hybridized carbons (Fsp3) is 0.0847. The molecular formula is C59H40N2S. The quantitative estimate of drug-likeness (QED) is 0.166. The van der Waals surface area contributed by atoms with Gasteiger partial charge in [0.05, 0.1) is 22.9 Å². The molecule has 0 spiro atoms. The summed E-state index contributed by atoms with van der Waals surface area (Å²) in [6.07, 6.45) is 13.3. The normalized spacial score (nSPS) is 17.9. The number of allylic oxidation sites excluding steroid dienone is 5. The van der Waals surface area contributed by atoms with Gasteiger partial charge in [0.1, 0.15) is 0 Å². The van der Waals surface area contributed by atoms with Gasteiger partial charge >= 0.3 is 0 Å². The minimum absolute atomic E-state index is 0.0493. The first-order valence-corrected chi connectivity index (χ1v) is 22.5. The molecule has 0 amide bonds. The van der Waals surface area contributed by atoms with Crippen LogP contribution in [0.4, 0.5) is 0 Å². The monoisotopic (exact) mass is 808 g/mol. The number of rotatable bonds is 4. The molecule has 3 aliphatic rings. The molecule has 0 radical (unpaired) electrons. The molecule has 62 heavy (non-hydrogen) atoms. The van der Waals surface area contributed by atoms with E-state index < -0.39 is 0 Å². The van der Waals surface area contributed by atoms with E-state index in [1.165, 1.54) is 86.6 Å². The summed E-state index contributed by atoms with van der Waals surface area (Å²) in [6, 6.07) is 60.6. The maximum Gasteiger partial charge on any atom is 0.0979 e. The van der Waals surface area contributed by atoms with Crippen LogP contribution < -0.4 is 0 Å². The van der Waals surface area contributed by atoms with E-state index in [1.807, 2.05) is 18.0 Å². The van der Waals surface area contributed by atoms with Crippen LogP contribution in [0.3, 0.4) is 0 Å². The molecule has 10 aromatic rings. The van der Waals surface area contributed by atoms with Gasteiger partial charge in [-0.1, -0.05) is 176 Å². The van der Waals surface area contributed by atoms with Gasteiger partial charge in [-0.25, -0.2) is 4.98 Å². The lowest BCUT2D eigenvalue weighted by molar-refractivity contribution is 0.591. The van der Waals surface area contributed by atoms with Crippen molar-refractivity contribution in [2.45, 2.75) is 36.0 Å². The summed E-state index contributed by atoms with van der Waals surface area (Å²) < 4.78 is 0. The Morgan fingerprint density at radius 2 is 1.19 bits per heavy atom. The summed E-state index contributed by atoms with van der Waals surface area (Å²) in [5, 5.41) is 9.78. The third-order valence-electron chi connectivity index (χ3n) is 13.8. The van der Waals surface area contributed by atoms with Crippen molar-refractivity contribution in [1.29, 1.82) is 0 Å². The highest BCUT2D eigenvalue weighted by Crippen LogP contribution is 2.58. The Morgan fingerprint density at radius 3 is 1.97 bits per heavy atom. The second-order valence-electron chi connectivity index (χ2n) is 17.5. The summed E-state index contributed by atoms with van der Waals surface area (Å²) in [5.74, 6) is 0.319. The van der Waals surface area contributed by atoms with E-state index >= 15 is 0 Å². The Hall–Kier alpha value is -7.07. The lowest BCUT2D eigenvalue weighted by Crippen LogP contribution is -2.22. The maximum atomic E-state index is 5.25. The molecular weight excluding hydrogens is 769 g/mol. The molecule has 0 saturated carbocycles. The summed E-state index contributed by atoms with van der Waals surface area (Å²) in [5.41, 5.74) is 14.5. The molecule has 0 fully saturated rings. The van der Waals surface area contributed by atoms with Gasteiger partial charge in [-0.15, -0.1) is 0 Å². The first-order valence-electron chi connectivity index (χ1n) is 21.7. The van der Waals surface area contributed by atoms with E-state index in [-0.39, 0.29) is 5.41 Å². The van der Waals surface area contributed by atoms with Crippen LogP contribution in [0, 0.1) is 0 Å². The molecule has 292 valence electrons. The Morgan fingerprint density at radius 1 is 0.565 bits per heavy atom. The van der Waals surface area contributed by atoms with Gasteiger partial charge in [-0.3, -0.25) is 4.98 Å². The standard InChI is InChI=1S/C59H40N2S/c1-59-28-8-13-48(58(59)62-55-15-7-6-14-53(55)59)46-26-24-42-31-40(20-22-44(42)33-46)38-18-16-37-30-39(19-17-36(37)29-38)41-21-23-45-34-47(27-25-43(45)32-41)54-35-60-56-51-11-4-2-9-49(51)50-10-3-5-12-52(50)57(56)61-54/h2-27,29-31,33-35,41H,28,32H2,1H3. The highest BCUT2D eigenvalue weighted by Gasteiger charge is 2.41. The number of thioether (sulfide) groups is 1. The summed E-state index contributed by atoms with van der Waals surface area (Å²) in [7, 11) is 0. The molecule has 1 aromatic heterocycles. The average molecular weight is 809 g/mol. The number of benzene rings is 9. The number of hydrogen-bond donors (Lipinski definition) is 0. The minimum atomic E-state index is 0.0493. The van der Waals surface area contributed by atoms with Gasteiger partial charge in [0.15, 0.2) is 0 Å². The molecule has 2 aliphatic carbocycles. The molecule has 13 rings (SSSR count). The van der Waals surface area contributed by atoms with Gasteiger partial charge < -0.3 is 0 Å². The van der Waals surface area contributed by atoms with Crippen molar-refractivity contribution in [3.8, 4) is 22.4 Å². The number of aromatic nitrogens is 2. The average Bonchev–Trinajstić information content (AvgIpc) is 3.65. The summed E-state index contributed by atoms with van der Waals surface area (Å²) in [4.78, 5) is 13.1. The molecule has 3 heteroatoms. The van der Waals surface area contributed by atoms with Gasteiger partial charge in [0, 0.05) is 37.5 Å². The lowest BCUT2D eigenvalue weighted by Gasteiger charge is -2.30. The Balaban J connectivity index is 0.756. The zero-order valence-electron chi connectivity index (χ0n) is 34.3. The lowest BCUT2D eigenvalue weighted by atomic mass is 9.74. The van der Waals surface area contributed by atoms with Crippen LogP contribution in [-0.4, -0.2) is 9.97 Å². The fourth-order valence-electron chi connectivity index (χ4n) is 10.5. The van der Waals surface area contributed by atoms with E-state index in [0.29, 0.717) is 5.92 Å². The molecule has 9 aromatic carbocycles.